The van der Waals surface area contributed by atoms with Crippen molar-refractivity contribution in [1.82, 2.24) is 5.32 Å². The van der Waals surface area contributed by atoms with Crippen molar-refractivity contribution < 1.29 is 14.7 Å². The number of carbonyl (C=O) groups excluding carboxylic acids is 1. The first-order valence-electron chi connectivity index (χ1n) is 8.56. The lowest BCUT2D eigenvalue weighted by Crippen LogP contribution is -2.51. The second kappa shape index (κ2) is 9.82. The van der Waals surface area contributed by atoms with Crippen LogP contribution < -0.4 is 11.1 Å². The van der Waals surface area contributed by atoms with Crippen LogP contribution >= 0.6 is 11.8 Å². The SMILES string of the molecule is CC(=O)O.CSC(C)(C)[C@H](N)C(=O)NCc1ccc2c(c1)CCCC2. The summed E-state index contributed by atoms with van der Waals surface area (Å²) in [4.78, 5) is 21.2. The third-order valence-corrected chi connectivity index (χ3v) is 5.74. The molecule has 0 heterocycles. The van der Waals surface area contributed by atoms with Crippen molar-refractivity contribution in [3.05, 3.63) is 34.9 Å². The maximum Gasteiger partial charge on any atom is 0.300 e. The predicted octanol–water partition coefficient (Wildman–Crippen LogP) is 2.74. The highest BCUT2D eigenvalue weighted by atomic mass is 32.2. The summed E-state index contributed by atoms with van der Waals surface area (Å²) in [6.45, 7) is 5.64. The number of rotatable bonds is 5. The molecule has 1 atom stereocenters. The number of nitrogens with one attached hydrogen (secondary N) is 1. The summed E-state index contributed by atoms with van der Waals surface area (Å²) < 4.78 is -0.250. The number of nitrogens with two attached hydrogens (primary N) is 1. The highest BCUT2D eigenvalue weighted by molar-refractivity contribution is 8.00. The Morgan fingerprint density at radius 3 is 2.40 bits per heavy atom. The minimum Gasteiger partial charge on any atom is -0.481 e. The number of aryl methyl sites for hydroxylation is 2. The van der Waals surface area contributed by atoms with E-state index in [2.05, 4.69) is 23.5 Å². The Labute approximate surface area is 154 Å². The van der Waals surface area contributed by atoms with Crippen LogP contribution in [0.5, 0.6) is 0 Å². The van der Waals surface area contributed by atoms with Crippen molar-refractivity contribution in [2.75, 3.05) is 6.26 Å². The van der Waals surface area contributed by atoms with E-state index in [1.807, 2.05) is 20.1 Å². The van der Waals surface area contributed by atoms with Gasteiger partial charge in [0.05, 0.1) is 6.04 Å². The summed E-state index contributed by atoms with van der Waals surface area (Å²) in [6, 6.07) is 6.07. The standard InChI is InChI=1S/C17H26N2OS.C2H4O2/c1-17(2,21-3)15(18)16(20)19-11-12-8-9-13-6-4-5-7-14(13)10-12;1-2(3)4/h8-10,15H,4-7,11,18H2,1-3H3,(H,19,20);1H3,(H,3,4)/t15-;/m1./s1. The smallest absolute Gasteiger partial charge is 0.300 e. The Bertz CT molecular complexity index is 598. The van der Waals surface area contributed by atoms with Crippen LogP contribution in [-0.2, 0) is 29.0 Å². The fourth-order valence-corrected chi connectivity index (χ4v) is 3.00. The van der Waals surface area contributed by atoms with Crippen LogP contribution in [0.3, 0.4) is 0 Å². The highest BCUT2D eigenvalue weighted by Crippen LogP contribution is 2.25. The van der Waals surface area contributed by atoms with Gasteiger partial charge in [0.1, 0.15) is 0 Å². The lowest BCUT2D eigenvalue weighted by atomic mass is 9.90. The number of fused-ring (bicyclic) bond motifs is 1. The number of hydrogen-bond acceptors (Lipinski definition) is 4. The quantitative estimate of drug-likeness (QED) is 0.745. The molecule has 0 saturated heterocycles. The molecular formula is C19H30N2O3S. The minimum atomic E-state index is -0.833. The van der Waals surface area contributed by atoms with Crippen LogP contribution in [0.15, 0.2) is 18.2 Å². The number of benzene rings is 1. The summed E-state index contributed by atoms with van der Waals surface area (Å²) in [5.41, 5.74) is 10.1. The maximum absolute atomic E-state index is 12.2. The monoisotopic (exact) mass is 366 g/mol. The Morgan fingerprint density at radius 2 is 1.84 bits per heavy atom. The topological polar surface area (TPSA) is 92.4 Å². The summed E-state index contributed by atoms with van der Waals surface area (Å²) in [6.07, 6.45) is 6.90. The van der Waals surface area contributed by atoms with E-state index in [1.165, 1.54) is 30.4 Å². The molecule has 25 heavy (non-hydrogen) atoms. The van der Waals surface area contributed by atoms with Gasteiger partial charge in [-0.05, 0) is 62.5 Å². The van der Waals surface area contributed by atoms with E-state index in [0.29, 0.717) is 6.54 Å². The summed E-state index contributed by atoms with van der Waals surface area (Å²) in [5.74, 6) is -0.910. The van der Waals surface area contributed by atoms with Gasteiger partial charge in [0.25, 0.3) is 5.97 Å². The van der Waals surface area contributed by atoms with Gasteiger partial charge in [0, 0.05) is 18.2 Å². The summed E-state index contributed by atoms with van der Waals surface area (Å²) in [5, 5.41) is 10.4. The molecule has 1 aliphatic carbocycles. The molecule has 1 aromatic rings. The van der Waals surface area contributed by atoms with Gasteiger partial charge in [0.15, 0.2) is 0 Å². The van der Waals surface area contributed by atoms with E-state index < -0.39 is 12.0 Å². The van der Waals surface area contributed by atoms with Gasteiger partial charge < -0.3 is 16.2 Å². The van der Waals surface area contributed by atoms with Crippen LogP contribution in [0.1, 0.15) is 50.3 Å². The maximum atomic E-state index is 12.2. The molecule has 5 nitrogen and oxygen atoms in total. The van der Waals surface area contributed by atoms with Crippen LogP contribution in [0.2, 0.25) is 0 Å². The van der Waals surface area contributed by atoms with E-state index in [-0.39, 0.29) is 10.7 Å². The van der Waals surface area contributed by atoms with Crippen LogP contribution in [0, 0.1) is 0 Å². The van der Waals surface area contributed by atoms with Crippen molar-refractivity contribution in [2.24, 2.45) is 5.73 Å². The normalized spacial score (nSPS) is 14.6. The fourth-order valence-electron chi connectivity index (χ4n) is 2.64. The van der Waals surface area contributed by atoms with Crippen molar-refractivity contribution in [1.29, 1.82) is 0 Å². The Morgan fingerprint density at radius 1 is 1.28 bits per heavy atom. The molecular weight excluding hydrogens is 336 g/mol. The Hall–Kier alpha value is -1.53. The van der Waals surface area contributed by atoms with E-state index in [0.717, 1.165) is 18.9 Å². The lowest BCUT2D eigenvalue weighted by molar-refractivity contribution is -0.134. The molecule has 0 aliphatic heterocycles. The van der Waals surface area contributed by atoms with Crippen molar-refractivity contribution in [3.63, 3.8) is 0 Å². The Kier molecular flexibility index (Phi) is 8.45. The van der Waals surface area contributed by atoms with Crippen LogP contribution in [0.4, 0.5) is 0 Å². The number of carboxylic acid groups (broad SMARTS) is 1. The molecule has 1 amide bonds. The van der Waals surface area contributed by atoms with Gasteiger partial charge in [-0.1, -0.05) is 18.2 Å². The molecule has 140 valence electrons. The molecule has 0 radical (unpaired) electrons. The number of carbonyl (C=O) groups is 2. The van der Waals surface area contributed by atoms with Gasteiger partial charge in [-0.25, -0.2) is 0 Å². The lowest BCUT2D eigenvalue weighted by Gasteiger charge is -2.28. The first-order chi connectivity index (χ1) is 11.7. The van der Waals surface area contributed by atoms with Crippen LogP contribution in [0.25, 0.3) is 0 Å². The van der Waals surface area contributed by atoms with Gasteiger partial charge in [-0.15, -0.1) is 0 Å². The molecule has 0 fully saturated rings. The van der Waals surface area contributed by atoms with Gasteiger partial charge in [-0.2, -0.15) is 11.8 Å². The number of thioether (sulfide) groups is 1. The second-order valence-corrected chi connectivity index (χ2v) is 8.29. The largest absolute Gasteiger partial charge is 0.481 e. The summed E-state index contributed by atoms with van der Waals surface area (Å²) >= 11 is 1.62. The number of carboxylic acids is 1. The minimum absolute atomic E-state index is 0.0768. The molecule has 2 rings (SSSR count). The van der Waals surface area contributed by atoms with Crippen molar-refractivity contribution in [2.45, 2.75) is 63.8 Å². The Balaban J connectivity index is 0.000000705. The third kappa shape index (κ3) is 7.08. The second-order valence-electron chi connectivity index (χ2n) is 6.83. The van der Waals surface area contributed by atoms with E-state index in [1.54, 1.807) is 11.8 Å². The zero-order valence-electron chi connectivity index (χ0n) is 15.6. The molecule has 1 aliphatic rings. The number of hydrogen-bond donors (Lipinski definition) is 3. The first-order valence-corrected chi connectivity index (χ1v) is 9.78. The molecule has 0 bridgehead atoms. The average Bonchev–Trinajstić information content (AvgIpc) is 2.58. The molecule has 4 N–H and O–H groups in total. The molecule has 0 aromatic heterocycles. The number of amides is 1. The van der Waals surface area contributed by atoms with Gasteiger partial charge >= 0.3 is 0 Å². The van der Waals surface area contributed by atoms with E-state index in [9.17, 15) is 4.79 Å². The molecule has 1 aromatic carbocycles. The molecule has 0 spiro atoms. The fraction of sp³-hybridized carbons (Fsp3) is 0.579. The average molecular weight is 367 g/mol. The molecule has 0 saturated carbocycles. The van der Waals surface area contributed by atoms with E-state index in [4.69, 9.17) is 15.6 Å². The van der Waals surface area contributed by atoms with E-state index >= 15 is 0 Å². The van der Waals surface area contributed by atoms with Gasteiger partial charge in [-0.3, -0.25) is 9.59 Å². The third-order valence-electron chi connectivity index (χ3n) is 4.44. The zero-order valence-corrected chi connectivity index (χ0v) is 16.4. The van der Waals surface area contributed by atoms with Crippen molar-refractivity contribution >= 4 is 23.6 Å². The predicted molar refractivity (Wildman–Crippen MR) is 104 cm³/mol. The van der Waals surface area contributed by atoms with Crippen molar-refractivity contribution in [3.8, 4) is 0 Å². The zero-order chi connectivity index (χ0) is 19.0. The summed E-state index contributed by atoms with van der Waals surface area (Å²) in [7, 11) is 0. The first kappa shape index (κ1) is 21.5. The highest BCUT2D eigenvalue weighted by Gasteiger charge is 2.31. The van der Waals surface area contributed by atoms with Crippen LogP contribution in [-0.4, -0.2) is 34.0 Å². The number of aliphatic carboxylic acids is 1. The molecule has 0 unspecified atom stereocenters. The van der Waals surface area contributed by atoms with Gasteiger partial charge in [0.2, 0.25) is 5.91 Å². The molecule has 6 heteroatoms.